The first-order chi connectivity index (χ1) is 21.1. The van der Waals surface area contributed by atoms with Crippen LogP contribution in [0, 0.1) is 5.92 Å². The SMILES string of the molecule is CCC(F)(F)Oc1ccc(NC(=O)/N=C2/C(=S)C(CCc3ccc(Cl)c(Cl)c3)CC(=O)N2c2ccc(OC(C)(F)F)cc2)cc1. The van der Waals surface area contributed by atoms with Crippen LogP contribution in [0.25, 0.3) is 0 Å². The minimum absolute atomic E-state index is 0.00403. The number of amides is 3. The van der Waals surface area contributed by atoms with E-state index in [2.05, 4.69) is 19.8 Å². The van der Waals surface area contributed by atoms with Gasteiger partial charge < -0.3 is 14.8 Å². The molecule has 1 N–H and O–H groups in total. The van der Waals surface area contributed by atoms with Crippen molar-refractivity contribution >= 4 is 69.4 Å². The van der Waals surface area contributed by atoms with Crippen molar-refractivity contribution in [2.24, 2.45) is 10.9 Å². The molecule has 1 heterocycles. The Morgan fingerprint density at radius 3 is 2.22 bits per heavy atom. The molecule has 0 saturated carbocycles. The second kappa shape index (κ2) is 14.1. The van der Waals surface area contributed by atoms with Gasteiger partial charge in [0, 0.05) is 31.4 Å². The monoisotopic (exact) mass is 683 g/mol. The molecule has 3 aromatic rings. The first kappa shape index (κ1) is 34.1. The molecule has 1 fully saturated rings. The van der Waals surface area contributed by atoms with Gasteiger partial charge in [0.15, 0.2) is 5.84 Å². The molecule has 0 spiro atoms. The Morgan fingerprint density at radius 1 is 1.00 bits per heavy atom. The van der Waals surface area contributed by atoms with Crippen molar-refractivity contribution in [2.45, 2.75) is 51.7 Å². The fraction of sp³-hybridized carbons (Fsp3) is 0.290. The molecule has 45 heavy (non-hydrogen) atoms. The highest BCUT2D eigenvalue weighted by Gasteiger charge is 2.37. The van der Waals surface area contributed by atoms with Crippen molar-refractivity contribution in [3.05, 3.63) is 82.3 Å². The zero-order chi connectivity index (χ0) is 32.9. The highest BCUT2D eigenvalue weighted by atomic mass is 35.5. The third-order valence-electron chi connectivity index (χ3n) is 6.62. The Hall–Kier alpha value is -3.74. The molecule has 1 aliphatic rings. The molecule has 0 aliphatic carbocycles. The van der Waals surface area contributed by atoms with Gasteiger partial charge in [-0.25, -0.2) is 4.79 Å². The maximum atomic E-state index is 13.6. The van der Waals surface area contributed by atoms with Crippen molar-refractivity contribution in [2.75, 3.05) is 10.2 Å². The Kier molecular flexibility index (Phi) is 10.7. The van der Waals surface area contributed by atoms with Gasteiger partial charge in [0.2, 0.25) is 5.91 Å². The number of urea groups is 1. The van der Waals surface area contributed by atoms with Gasteiger partial charge in [0.05, 0.1) is 20.6 Å². The van der Waals surface area contributed by atoms with E-state index in [0.717, 1.165) is 10.5 Å². The van der Waals surface area contributed by atoms with Crippen molar-refractivity contribution in [3.63, 3.8) is 0 Å². The first-order valence-electron chi connectivity index (χ1n) is 13.7. The normalized spacial score (nSPS) is 16.6. The number of carbonyl (C=O) groups excluding carboxylic acids is 2. The molecule has 0 radical (unpaired) electrons. The van der Waals surface area contributed by atoms with Gasteiger partial charge in [-0.1, -0.05) is 48.4 Å². The van der Waals surface area contributed by atoms with Crippen LogP contribution in [0.2, 0.25) is 10.0 Å². The maximum Gasteiger partial charge on any atom is 0.397 e. The van der Waals surface area contributed by atoms with E-state index in [1.165, 1.54) is 55.5 Å². The Balaban J connectivity index is 1.59. The van der Waals surface area contributed by atoms with Gasteiger partial charge in [-0.05, 0) is 79.1 Å². The van der Waals surface area contributed by atoms with Crippen molar-refractivity contribution in [1.82, 2.24) is 0 Å². The number of ether oxygens (including phenoxy) is 2. The number of amidine groups is 1. The van der Waals surface area contributed by atoms with E-state index in [1.54, 1.807) is 18.2 Å². The fourth-order valence-electron chi connectivity index (χ4n) is 4.41. The molecule has 0 bridgehead atoms. The molecule has 4 rings (SSSR count). The molecule has 1 saturated heterocycles. The second-order valence-corrected chi connectivity index (χ2v) is 11.4. The third-order valence-corrected chi connectivity index (χ3v) is 7.88. The average molecular weight is 685 g/mol. The van der Waals surface area contributed by atoms with E-state index in [4.69, 9.17) is 35.4 Å². The van der Waals surface area contributed by atoms with E-state index >= 15 is 0 Å². The summed E-state index contributed by atoms with van der Waals surface area (Å²) in [6, 6.07) is 14.8. The van der Waals surface area contributed by atoms with Gasteiger partial charge in [0.1, 0.15) is 11.5 Å². The van der Waals surface area contributed by atoms with Crippen LogP contribution in [-0.2, 0) is 11.2 Å². The first-order valence-corrected chi connectivity index (χ1v) is 14.8. The van der Waals surface area contributed by atoms with Crippen LogP contribution in [0.3, 0.4) is 0 Å². The van der Waals surface area contributed by atoms with Crippen molar-refractivity contribution < 1.29 is 36.6 Å². The number of nitrogens with zero attached hydrogens (tertiary/aromatic N) is 2. The lowest BCUT2D eigenvalue weighted by atomic mass is 9.88. The van der Waals surface area contributed by atoms with Crippen LogP contribution >= 0.6 is 35.4 Å². The topological polar surface area (TPSA) is 80.2 Å². The number of carbonyl (C=O) groups is 2. The standard InChI is InChI=1S/C31H27Cl2F4N3O4S/c1-3-31(36,37)44-23-11-7-20(8-12-23)38-29(42)39-28-27(45)19(6-4-18-5-15-24(32)25(33)16-18)17-26(41)40(28)21-9-13-22(14-10-21)43-30(2,34)35/h5,7-16,19H,3-4,6,17H2,1-2H3,(H,38,42)/b39-28-. The molecule has 3 aromatic carbocycles. The number of aliphatic imine (C=N–C) groups is 1. The minimum atomic E-state index is -3.42. The number of aryl methyl sites for hydroxylation is 1. The molecule has 7 nitrogen and oxygen atoms in total. The lowest BCUT2D eigenvalue weighted by Gasteiger charge is -2.33. The molecule has 0 aromatic heterocycles. The summed E-state index contributed by atoms with van der Waals surface area (Å²) < 4.78 is 63.0. The van der Waals surface area contributed by atoms with E-state index in [0.29, 0.717) is 29.8 Å². The predicted octanol–water partition coefficient (Wildman–Crippen LogP) is 9.35. The van der Waals surface area contributed by atoms with Crippen LogP contribution in [0.15, 0.2) is 71.7 Å². The highest BCUT2D eigenvalue weighted by molar-refractivity contribution is 7.82. The van der Waals surface area contributed by atoms with Crippen LogP contribution in [0.4, 0.5) is 33.7 Å². The van der Waals surface area contributed by atoms with E-state index in [9.17, 15) is 27.2 Å². The number of piperidine rings is 1. The van der Waals surface area contributed by atoms with E-state index in [1.807, 2.05) is 0 Å². The quantitative estimate of drug-likeness (QED) is 0.170. The molecule has 14 heteroatoms. The Morgan fingerprint density at radius 2 is 1.62 bits per heavy atom. The average Bonchev–Trinajstić information content (AvgIpc) is 2.96. The molecule has 1 atom stereocenters. The molecule has 1 aliphatic heterocycles. The summed E-state index contributed by atoms with van der Waals surface area (Å²) in [7, 11) is 0. The van der Waals surface area contributed by atoms with Gasteiger partial charge in [-0.15, -0.1) is 0 Å². The maximum absolute atomic E-state index is 13.6. The summed E-state index contributed by atoms with van der Waals surface area (Å²) in [5.74, 6) is -1.26. The minimum Gasteiger partial charge on any atom is -0.433 e. The number of benzene rings is 3. The van der Waals surface area contributed by atoms with Crippen molar-refractivity contribution in [3.8, 4) is 11.5 Å². The molecular formula is C31H27Cl2F4N3O4S. The number of alkyl halides is 4. The van der Waals surface area contributed by atoms with Crippen LogP contribution < -0.4 is 19.7 Å². The van der Waals surface area contributed by atoms with Gasteiger partial charge >= 0.3 is 18.2 Å². The van der Waals surface area contributed by atoms with Gasteiger partial charge in [-0.3, -0.25) is 9.69 Å². The van der Waals surface area contributed by atoms with Crippen molar-refractivity contribution in [1.29, 1.82) is 0 Å². The summed E-state index contributed by atoms with van der Waals surface area (Å²) in [4.78, 5) is 32.0. The van der Waals surface area contributed by atoms with Crippen LogP contribution in [0.1, 0.15) is 38.7 Å². The molecule has 238 valence electrons. The zero-order valence-corrected chi connectivity index (χ0v) is 26.3. The number of hydrogen-bond donors (Lipinski definition) is 1. The lowest BCUT2D eigenvalue weighted by Crippen LogP contribution is -2.50. The number of thiocarbonyl (C=S) groups is 1. The number of hydrogen-bond acceptors (Lipinski definition) is 5. The summed E-state index contributed by atoms with van der Waals surface area (Å²) >= 11 is 17.9. The fourth-order valence-corrected chi connectivity index (χ4v) is 5.07. The third kappa shape index (κ3) is 9.38. The summed E-state index contributed by atoms with van der Waals surface area (Å²) in [5, 5.41) is 3.31. The van der Waals surface area contributed by atoms with Crippen LogP contribution in [0.5, 0.6) is 11.5 Å². The number of nitrogens with one attached hydrogen (secondary N) is 1. The molecular weight excluding hydrogens is 657 g/mol. The smallest absolute Gasteiger partial charge is 0.397 e. The van der Waals surface area contributed by atoms with Crippen LogP contribution in [-0.4, -0.2) is 34.9 Å². The summed E-state index contributed by atoms with van der Waals surface area (Å²) in [5.41, 5.74) is 1.31. The summed E-state index contributed by atoms with van der Waals surface area (Å²) in [6.07, 6.45) is -6.36. The Bertz CT molecular complexity index is 1600. The van der Waals surface area contributed by atoms with Gasteiger partial charge in [0.25, 0.3) is 0 Å². The number of halogens is 6. The largest absolute Gasteiger partial charge is 0.433 e. The summed E-state index contributed by atoms with van der Waals surface area (Å²) in [6.45, 7) is 1.87. The second-order valence-electron chi connectivity index (χ2n) is 10.2. The predicted molar refractivity (Wildman–Crippen MR) is 169 cm³/mol. The number of anilines is 2. The molecule has 1 unspecified atom stereocenters. The van der Waals surface area contributed by atoms with E-state index in [-0.39, 0.29) is 40.0 Å². The van der Waals surface area contributed by atoms with E-state index < -0.39 is 36.5 Å². The zero-order valence-electron chi connectivity index (χ0n) is 24.0. The molecule has 3 amide bonds. The lowest BCUT2D eigenvalue weighted by molar-refractivity contribution is -0.177. The number of rotatable bonds is 10. The highest BCUT2D eigenvalue weighted by Crippen LogP contribution is 2.32. The Labute approximate surface area is 272 Å². The van der Waals surface area contributed by atoms with Gasteiger partial charge in [-0.2, -0.15) is 22.6 Å².